The maximum atomic E-state index is 13.8. The summed E-state index contributed by atoms with van der Waals surface area (Å²) in [5, 5.41) is 8.17. The van der Waals surface area contributed by atoms with Crippen molar-refractivity contribution < 1.29 is 33.4 Å². The minimum absolute atomic E-state index is 0.164. The lowest BCUT2D eigenvalue weighted by Crippen LogP contribution is -2.55. The number of anilines is 1. The van der Waals surface area contributed by atoms with Crippen LogP contribution in [0.4, 0.5) is 15.3 Å². The number of urea groups is 1. The number of hydrogen-bond donors (Lipinski definition) is 4. The Bertz CT molecular complexity index is 1500. The number of ether oxygens (including phenoxy) is 3. The van der Waals surface area contributed by atoms with E-state index in [2.05, 4.69) is 16.0 Å². The van der Waals surface area contributed by atoms with Gasteiger partial charge in [0.25, 0.3) is 0 Å². The standard InChI is InChI=1S/C35H43N5O7/c1-22(2)30(40(3)35(44)47-31-27-12-7-5-10-25(27)26-11-6-8-13-28(26)31)33(42)39-29(14-9-19-37-34(36)43)32(41)38-24-17-15-23(16-18-24)20-46-21-45-4/h5-8,10-13,15-18,22,29-31H,9,14,19-21H2,1-4H3,(H,38,41)(H,39,42)(H3,36,37,43)/t29-,30-/m0/s1. The molecule has 0 saturated heterocycles. The van der Waals surface area contributed by atoms with Crippen molar-refractivity contribution in [2.75, 3.05) is 32.8 Å². The topological polar surface area (TPSA) is 161 Å². The van der Waals surface area contributed by atoms with Crippen molar-refractivity contribution in [3.8, 4) is 11.1 Å². The van der Waals surface area contributed by atoms with Gasteiger partial charge >= 0.3 is 12.1 Å². The molecule has 0 spiro atoms. The van der Waals surface area contributed by atoms with E-state index in [4.69, 9.17) is 19.9 Å². The Labute approximate surface area is 274 Å². The van der Waals surface area contributed by atoms with Gasteiger partial charge in [-0.25, -0.2) is 9.59 Å². The Kier molecular flexibility index (Phi) is 12.3. The zero-order chi connectivity index (χ0) is 33.9. The highest BCUT2D eigenvalue weighted by atomic mass is 16.7. The van der Waals surface area contributed by atoms with Gasteiger partial charge in [-0.15, -0.1) is 0 Å². The molecule has 2 atom stereocenters. The first kappa shape index (κ1) is 34.9. The minimum atomic E-state index is -0.971. The number of primary amides is 1. The molecular weight excluding hydrogens is 602 g/mol. The minimum Gasteiger partial charge on any atom is -0.436 e. The van der Waals surface area contributed by atoms with Crippen molar-refractivity contribution in [2.24, 2.45) is 11.7 Å². The van der Waals surface area contributed by atoms with Crippen LogP contribution in [0.5, 0.6) is 0 Å². The second-order valence-electron chi connectivity index (χ2n) is 11.7. The van der Waals surface area contributed by atoms with Crippen molar-refractivity contribution >= 4 is 29.6 Å². The van der Waals surface area contributed by atoms with Crippen molar-refractivity contribution in [1.82, 2.24) is 15.5 Å². The number of carbonyl (C=O) groups is 4. The fourth-order valence-corrected chi connectivity index (χ4v) is 5.66. The number of nitrogens with two attached hydrogens (primary N) is 1. The molecule has 47 heavy (non-hydrogen) atoms. The van der Waals surface area contributed by atoms with Gasteiger partial charge in [0, 0.05) is 37.5 Å². The summed E-state index contributed by atoms with van der Waals surface area (Å²) in [6.07, 6.45) is -0.726. The number of likely N-dealkylation sites (N-methyl/N-ethyl adjacent to an activating group) is 1. The number of methoxy groups -OCH3 is 1. The summed E-state index contributed by atoms with van der Waals surface area (Å²) in [6.45, 7) is 4.36. The number of nitrogens with one attached hydrogen (secondary N) is 3. The third-order valence-electron chi connectivity index (χ3n) is 7.89. The predicted octanol–water partition coefficient (Wildman–Crippen LogP) is 4.54. The Balaban J connectivity index is 1.46. The molecule has 4 rings (SSSR count). The van der Waals surface area contributed by atoms with Crippen LogP contribution in [-0.4, -0.2) is 68.4 Å². The summed E-state index contributed by atoms with van der Waals surface area (Å²) >= 11 is 0. The highest BCUT2D eigenvalue weighted by Crippen LogP contribution is 2.45. The van der Waals surface area contributed by atoms with Crippen LogP contribution in [0.25, 0.3) is 11.1 Å². The highest BCUT2D eigenvalue weighted by Gasteiger charge is 2.37. The molecule has 0 fully saturated rings. The lowest BCUT2D eigenvalue weighted by atomic mass is 10.0. The first-order chi connectivity index (χ1) is 22.6. The van der Waals surface area contributed by atoms with E-state index in [-0.39, 0.29) is 25.7 Å². The van der Waals surface area contributed by atoms with Crippen LogP contribution in [0.15, 0.2) is 72.8 Å². The average molecular weight is 646 g/mol. The van der Waals surface area contributed by atoms with Crippen LogP contribution in [0.2, 0.25) is 0 Å². The van der Waals surface area contributed by atoms with E-state index >= 15 is 0 Å². The molecule has 3 aromatic rings. The summed E-state index contributed by atoms with van der Waals surface area (Å²) < 4.78 is 16.3. The first-order valence-electron chi connectivity index (χ1n) is 15.5. The second kappa shape index (κ2) is 16.6. The maximum Gasteiger partial charge on any atom is 0.411 e. The molecule has 250 valence electrons. The van der Waals surface area contributed by atoms with Crippen LogP contribution in [0.1, 0.15) is 49.5 Å². The quantitative estimate of drug-likeness (QED) is 0.139. The van der Waals surface area contributed by atoms with Crippen molar-refractivity contribution in [3.63, 3.8) is 0 Å². The largest absolute Gasteiger partial charge is 0.436 e. The van der Waals surface area contributed by atoms with E-state index in [1.807, 2.05) is 74.5 Å². The molecule has 5 N–H and O–H groups in total. The summed E-state index contributed by atoms with van der Waals surface area (Å²) in [7, 11) is 3.06. The van der Waals surface area contributed by atoms with Gasteiger partial charge in [-0.3, -0.25) is 14.5 Å². The second-order valence-corrected chi connectivity index (χ2v) is 11.7. The monoisotopic (exact) mass is 645 g/mol. The molecule has 0 bridgehead atoms. The van der Waals surface area contributed by atoms with Crippen LogP contribution in [0, 0.1) is 5.92 Å². The van der Waals surface area contributed by atoms with E-state index in [1.54, 1.807) is 19.2 Å². The molecule has 1 aliphatic rings. The molecule has 0 aromatic heterocycles. The van der Waals surface area contributed by atoms with Crippen molar-refractivity contribution in [2.45, 2.75) is 51.5 Å². The molecule has 3 aromatic carbocycles. The summed E-state index contributed by atoms with van der Waals surface area (Å²) in [4.78, 5) is 53.3. The fraction of sp³-hybridized carbons (Fsp3) is 0.371. The van der Waals surface area contributed by atoms with Gasteiger partial charge in [0.1, 0.15) is 18.9 Å². The SMILES string of the molecule is COCOCc1ccc(NC(=O)[C@H](CCCNC(N)=O)NC(=O)[C@H](C(C)C)N(C)C(=O)OC2c3ccccc3-c3ccccc32)cc1. The smallest absolute Gasteiger partial charge is 0.411 e. The average Bonchev–Trinajstić information content (AvgIpc) is 3.36. The summed E-state index contributed by atoms with van der Waals surface area (Å²) in [6, 6.07) is 20.0. The Morgan fingerprint density at radius 2 is 1.51 bits per heavy atom. The number of amides is 5. The van der Waals surface area contributed by atoms with E-state index in [1.165, 1.54) is 11.9 Å². The van der Waals surface area contributed by atoms with E-state index in [0.29, 0.717) is 18.7 Å². The van der Waals surface area contributed by atoms with Gasteiger partial charge in [-0.2, -0.15) is 0 Å². The van der Waals surface area contributed by atoms with Crippen LogP contribution >= 0.6 is 0 Å². The van der Waals surface area contributed by atoms with E-state index in [9.17, 15) is 19.2 Å². The van der Waals surface area contributed by atoms with Gasteiger partial charge in [0.2, 0.25) is 11.8 Å². The Hall–Kier alpha value is -4.94. The normalized spacial score (nSPS) is 13.2. The predicted molar refractivity (Wildman–Crippen MR) is 177 cm³/mol. The summed E-state index contributed by atoms with van der Waals surface area (Å²) in [5.74, 6) is -1.28. The van der Waals surface area contributed by atoms with Gasteiger partial charge in [0.05, 0.1) is 6.61 Å². The molecule has 0 saturated carbocycles. The fourth-order valence-electron chi connectivity index (χ4n) is 5.66. The van der Waals surface area contributed by atoms with Gasteiger partial charge in [-0.05, 0) is 47.6 Å². The lowest BCUT2D eigenvalue weighted by molar-refractivity contribution is -0.131. The number of rotatable bonds is 15. The molecule has 0 aliphatic heterocycles. The molecule has 5 amide bonds. The third kappa shape index (κ3) is 9.08. The van der Waals surface area contributed by atoms with Crippen molar-refractivity contribution in [3.05, 3.63) is 89.5 Å². The molecule has 0 heterocycles. The van der Waals surface area contributed by atoms with Gasteiger partial charge in [-0.1, -0.05) is 74.5 Å². The van der Waals surface area contributed by atoms with Gasteiger partial charge in [0.15, 0.2) is 6.10 Å². The van der Waals surface area contributed by atoms with E-state index in [0.717, 1.165) is 27.8 Å². The first-order valence-corrected chi connectivity index (χ1v) is 15.5. The van der Waals surface area contributed by atoms with Crippen molar-refractivity contribution in [1.29, 1.82) is 0 Å². The Morgan fingerprint density at radius 3 is 2.09 bits per heavy atom. The maximum absolute atomic E-state index is 13.8. The Morgan fingerprint density at radius 1 is 0.894 bits per heavy atom. The zero-order valence-electron chi connectivity index (χ0n) is 27.2. The number of nitrogens with zero attached hydrogens (tertiary/aromatic N) is 1. The number of carbonyl (C=O) groups excluding carboxylic acids is 4. The molecule has 12 heteroatoms. The third-order valence-corrected chi connectivity index (χ3v) is 7.89. The van der Waals surface area contributed by atoms with Crippen LogP contribution in [-0.2, 0) is 30.4 Å². The molecule has 12 nitrogen and oxygen atoms in total. The van der Waals surface area contributed by atoms with E-state index < -0.39 is 42.1 Å². The zero-order valence-corrected chi connectivity index (χ0v) is 27.2. The highest BCUT2D eigenvalue weighted by molar-refractivity contribution is 5.98. The summed E-state index contributed by atoms with van der Waals surface area (Å²) in [5.41, 5.74) is 10.3. The van der Waals surface area contributed by atoms with Gasteiger partial charge < -0.3 is 35.9 Å². The van der Waals surface area contributed by atoms with Crippen LogP contribution in [0.3, 0.4) is 0 Å². The number of hydrogen-bond acceptors (Lipinski definition) is 7. The molecule has 0 radical (unpaired) electrons. The van der Waals surface area contributed by atoms with Crippen LogP contribution < -0.4 is 21.7 Å². The lowest BCUT2D eigenvalue weighted by Gasteiger charge is -2.32. The molecule has 0 unspecified atom stereocenters. The molecular formula is C35H43N5O7. The molecule has 1 aliphatic carbocycles. The number of fused-ring (bicyclic) bond motifs is 3. The number of benzene rings is 3.